The van der Waals surface area contributed by atoms with Crippen LogP contribution in [0, 0.1) is 0 Å². The molecule has 0 saturated heterocycles. The van der Waals surface area contributed by atoms with Crippen LogP contribution in [0.2, 0.25) is 0 Å². The van der Waals surface area contributed by atoms with Crippen molar-refractivity contribution in [2.45, 2.75) is 31.4 Å². The number of hydrogen-bond acceptors (Lipinski definition) is 3. The second kappa shape index (κ2) is 9.02. The van der Waals surface area contributed by atoms with Crippen LogP contribution in [0.5, 0.6) is 0 Å². The zero-order valence-corrected chi connectivity index (χ0v) is 18.3. The van der Waals surface area contributed by atoms with Gasteiger partial charge in [-0.25, -0.2) is 4.79 Å². The lowest BCUT2D eigenvalue weighted by Gasteiger charge is -2.21. The number of amides is 1. The molecule has 4 rings (SSSR count). The molecule has 30 heavy (non-hydrogen) atoms. The van der Waals surface area contributed by atoms with Crippen LogP contribution in [0.4, 0.5) is 4.79 Å². The molecule has 2 unspecified atom stereocenters. The summed E-state index contributed by atoms with van der Waals surface area (Å²) >= 11 is 3.43. The van der Waals surface area contributed by atoms with Gasteiger partial charge in [0.1, 0.15) is 6.61 Å². The summed E-state index contributed by atoms with van der Waals surface area (Å²) in [5, 5.41) is 13.2. The molecule has 5 heteroatoms. The van der Waals surface area contributed by atoms with E-state index in [-0.39, 0.29) is 12.5 Å². The number of benzene rings is 3. The van der Waals surface area contributed by atoms with Crippen molar-refractivity contribution in [1.29, 1.82) is 0 Å². The molecule has 3 aromatic carbocycles. The fraction of sp³-hybridized carbons (Fsp3) is 0.240. The molecule has 0 bridgehead atoms. The second-order valence-electron chi connectivity index (χ2n) is 7.66. The molecule has 0 aromatic heterocycles. The molecule has 1 aliphatic rings. The molecule has 154 valence electrons. The van der Waals surface area contributed by atoms with Crippen LogP contribution in [0.3, 0.4) is 0 Å². The number of aliphatic hydroxyl groups excluding tert-OH is 1. The van der Waals surface area contributed by atoms with E-state index >= 15 is 0 Å². The molecule has 0 saturated carbocycles. The van der Waals surface area contributed by atoms with Crippen molar-refractivity contribution < 1.29 is 14.6 Å². The van der Waals surface area contributed by atoms with Gasteiger partial charge in [0.05, 0.1) is 12.1 Å². The molecule has 4 nitrogen and oxygen atoms in total. The SMILES string of the molecule is CC(NC(=O)OCC1c2ccccc2-c2ccccc21)C(O)Cc1cccc(Br)c1. The predicted molar refractivity (Wildman–Crippen MR) is 122 cm³/mol. The number of halogens is 1. The Kier molecular flexibility index (Phi) is 6.21. The smallest absolute Gasteiger partial charge is 0.407 e. The van der Waals surface area contributed by atoms with E-state index in [9.17, 15) is 9.90 Å². The number of nitrogens with one attached hydrogen (secondary N) is 1. The minimum atomic E-state index is -0.709. The van der Waals surface area contributed by atoms with Gasteiger partial charge >= 0.3 is 6.09 Å². The lowest BCUT2D eigenvalue weighted by atomic mass is 9.98. The van der Waals surface area contributed by atoms with Gasteiger partial charge in [0.15, 0.2) is 0 Å². The fourth-order valence-corrected chi connectivity index (χ4v) is 4.45. The third-order valence-corrected chi connectivity index (χ3v) is 6.09. The molecule has 1 aliphatic carbocycles. The zero-order valence-electron chi connectivity index (χ0n) is 16.7. The molecular formula is C25H24BrNO3. The van der Waals surface area contributed by atoms with Crippen molar-refractivity contribution >= 4 is 22.0 Å². The number of ether oxygens (including phenoxy) is 1. The quantitative estimate of drug-likeness (QED) is 0.520. The Balaban J connectivity index is 1.36. The van der Waals surface area contributed by atoms with Crippen LogP contribution in [-0.2, 0) is 11.2 Å². The van der Waals surface area contributed by atoms with Gasteiger partial charge in [0, 0.05) is 16.8 Å². The topological polar surface area (TPSA) is 58.6 Å². The van der Waals surface area contributed by atoms with Crippen molar-refractivity contribution in [3.8, 4) is 11.1 Å². The van der Waals surface area contributed by atoms with Crippen LogP contribution >= 0.6 is 15.9 Å². The van der Waals surface area contributed by atoms with E-state index < -0.39 is 18.2 Å². The Morgan fingerprint density at radius 1 is 1.03 bits per heavy atom. The third-order valence-electron chi connectivity index (χ3n) is 5.60. The largest absolute Gasteiger partial charge is 0.449 e. The van der Waals surface area contributed by atoms with Gasteiger partial charge in [-0.15, -0.1) is 0 Å². The summed E-state index contributed by atoms with van der Waals surface area (Å²) in [4.78, 5) is 12.4. The molecule has 1 amide bonds. The van der Waals surface area contributed by atoms with Crippen molar-refractivity contribution in [3.05, 3.63) is 94.0 Å². The van der Waals surface area contributed by atoms with E-state index in [0.717, 1.165) is 10.0 Å². The molecule has 0 heterocycles. The highest BCUT2D eigenvalue weighted by Gasteiger charge is 2.29. The van der Waals surface area contributed by atoms with E-state index in [0.29, 0.717) is 6.42 Å². The van der Waals surface area contributed by atoms with Crippen molar-refractivity contribution in [2.24, 2.45) is 0 Å². The maximum Gasteiger partial charge on any atom is 0.407 e. The Morgan fingerprint density at radius 3 is 2.30 bits per heavy atom. The summed E-state index contributed by atoms with van der Waals surface area (Å²) < 4.78 is 6.52. The van der Waals surface area contributed by atoms with Gasteiger partial charge in [0.25, 0.3) is 0 Å². The van der Waals surface area contributed by atoms with E-state index in [2.05, 4.69) is 45.5 Å². The van der Waals surface area contributed by atoms with E-state index in [1.807, 2.05) is 48.5 Å². The highest BCUT2D eigenvalue weighted by Crippen LogP contribution is 2.44. The van der Waals surface area contributed by atoms with Crippen LogP contribution in [0.25, 0.3) is 11.1 Å². The molecule has 2 atom stereocenters. The number of alkyl carbamates (subject to hydrolysis) is 1. The van der Waals surface area contributed by atoms with Gasteiger partial charge < -0.3 is 15.2 Å². The van der Waals surface area contributed by atoms with Gasteiger partial charge in [0.2, 0.25) is 0 Å². The monoisotopic (exact) mass is 465 g/mol. The zero-order chi connectivity index (χ0) is 21.1. The molecule has 3 aromatic rings. The van der Waals surface area contributed by atoms with Gasteiger partial charge in [-0.2, -0.15) is 0 Å². The molecule has 0 fully saturated rings. The minimum absolute atomic E-state index is 0.0186. The summed E-state index contributed by atoms with van der Waals surface area (Å²) in [6.07, 6.45) is -0.776. The van der Waals surface area contributed by atoms with Crippen molar-refractivity contribution in [3.63, 3.8) is 0 Å². The molecule has 0 radical (unpaired) electrons. The van der Waals surface area contributed by atoms with E-state index in [1.165, 1.54) is 22.3 Å². The van der Waals surface area contributed by atoms with Crippen LogP contribution in [0.15, 0.2) is 77.3 Å². The number of rotatable bonds is 6. The highest BCUT2D eigenvalue weighted by molar-refractivity contribution is 9.10. The first-order valence-electron chi connectivity index (χ1n) is 10.1. The van der Waals surface area contributed by atoms with Crippen molar-refractivity contribution in [1.82, 2.24) is 5.32 Å². The van der Waals surface area contributed by atoms with Gasteiger partial charge in [-0.1, -0.05) is 76.6 Å². The summed E-state index contributed by atoms with van der Waals surface area (Å²) in [7, 11) is 0. The molecule has 0 aliphatic heterocycles. The summed E-state index contributed by atoms with van der Waals surface area (Å²) in [6.45, 7) is 2.04. The first-order chi connectivity index (χ1) is 14.5. The summed E-state index contributed by atoms with van der Waals surface area (Å²) in [5.41, 5.74) is 5.74. The minimum Gasteiger partial charge on any atom is -0.449 e. The first-order valence-corrected chi connectivity index (χ1v) is 10.9. The number of carbonyl (C=O) groups excluding carboxylic acids is 1. The lowest BCUT2D eigenvalue weighted by Crippen LogP contribution is -2.42. The van der Waals surface area contributed by atoms with Crippen LogP contribution in [-0.4, -0.2) is 30.0 Å². The van der Waals surface area contributed by atoms with Gasteiger partial charge in [-0.3, -0.25) is 0 Å². The standard InChI is InChI=1S/C25H24BrNO3/c1-16(24(28)14-17-7-6-8-18(26)13-17)27-25(29)30-15-23-21-11-4-2-9-19(21)20-10-3-5-12-22(20)23/h2-13,16,23-24,28H,14-15H2,1H3,(H,27,29). The normalized spacial score (nSPS) is 14.5. The average molecular weight is 466 g/mol. The van der Waals surface area contributed by atoms with Crippen LogP contribution in [0.1, 0.15) is 29.5 Å². The van der Waals surface area contributed by atoms with Crippen LogP contribution < -0.4 is 5.32 Å². The van der Waals surface area contributed by atoms with E-state index in [1.54, 1.807) is 6.92 Å². The summed E-state index contributed by atoms with van der Waals surface area (Å²) in [6, 6.07) is 23.8. The van der Waals surface area contributed by atoms with Crippen molar-refractivity contribution in [2.75, 3.05) is 6.61 Å². The Labute approximate surface area is 185 Å². The first kappa shape index (κ1) is 20.6. The highest BCUT2D eigenvalue weighted by atomic mass is 79.9. The summed E-state index contributed by atoms with van der Waals surface area (Å²) in [5.74, 6) is 0.0186. The lowest BCUT2D eigenvalue weighted by molar-refractivity contribution is 0.108. The maximum absolute atomic E-state index is 12.4. The number of fused-ring (bicyclic) bond motifs is 3. The predicted octanol–water partition coefficient (Wildman–Crippen LogP) is 5.28. The number of carbonyl (C=O) groups is 1. The fourth-order valence-electron chi connectivity index (χ4n) is 4.00. The number of hydrogen-bond donors (Lipinski definition) is 2. The third kappa shape index (κ3) is 4.42. The molecular weight excluding hydrogens is 442 g/mol. The second-order valence-corrected chi connectivity index (χ2v) is 8.58. The Hall–Kier alpha value is -2.63. The molecule has 0 spiro atoms. The Bertz CT molecular complexity index is 1010. The average Bonchev–Trinajstić information content (AvgIpc) is 3.06. The number of aliphatic hydroxyl groups is 1. The Morgan fingerprint density at radius 2 is 1.67 bits per heavy atom. The van der Waals surface area contributed by atoms with E-state index in [4.69, 9.17) is 4.74 Å². The maximum atomic E-state index is 12.4. The van der Waals surface area contributed by atoms with Gasteiger partial charge in [-0.05, 0) is 46.9 Å². The molecule has 2 N–H and O–H groups in total.